The Morgan fingerprint density at radius 2 is 2.00 bits per heavy atom. The summed E-state index contributed by atoms with van der Waals surface area (Å²) < 4.78 is 2.01. The summed E-state index contributed by atoms with van der Waals surface area (Å²) in [5, 5.41) is 10.6. The Kier molecular flexibility index (Phi) is 4.68. The van der Waals surface area contributed by atoms with E-state index in [1.54, 1.807) is 6.07 Å². The van der Waals surface area contributed by atoms with Gasteiger partial charge in [-0.1, -0.05) is 0 Å². The van der Waals surface area contributed by atoms with Crippen molar-refractivity contribution in [1.82, 2.24) is 9.47 Å². The van der Waals surface area contributed by atoms with Crippen LogP contribution in [0.1, 0.15) is 34.3 Å². The van der Waals surface area contributed by atoms with Crippen molar-refractivity contribution in [3.8, 4) is 0 Å². The third-order valence-electron chi connectivity index (χ3n) is 4.70. The smallest absolute Gasteiger partial charge is 0.337 e. The quantitative estimate of drug-likeness (QED) is 0.857. The van der Waals surface area contributed by atoms with Crippen molar-refractivity contribution in [3.63, 3.8) is 0 Å². The molecule has 0 atom stereocenters. The van der Waals surface area contributed by atoms with E-state index in [1.165, 1.54) is 31.5 Å². The average molecular weight is 315 g/mol. The number of nitrogens with two attached hydrogens (primary N) is 1. The molecule has 1 aromatic heterocycles. The van der Waals surface area contributed by atoms with E-state index in [1.807, 2.05) is 11.5 Å². The van der Waals surface area contributed by atoms with Crippen LogP contribution in [0.2, 0.25) is 0 Å². The Labute approximate surface area is 136 Å². The zero-order valence-corrected chi connectivity index (χ0v) is 13.7. The average Bonchev–Trinajstić information content (AvgIpc) is 3.13. The summed E-state index contributed by atoms with van der Waals surface area (Å²) in [6.45, 7) is 6.50. The number of carboxylic acid groups (broad SMARTS) is 1. The van der Waals surface area contributed by atoms with Crippen LogP contribution in [-0.4, -0.2) is 46.7 Å². The monoisotopic (exact) mass is 315 g/mol. The van der Waals surface area contributed by atoms with Gasteiger partial charge >= 0.3 is 5.97 Å². The molecule has 3 rings (SSSR count). The Balaban J connectivity index is 2.01. The maximum absolute atomic E-state index is 11.6. The predicted octanol–water partition coefficient (Wildman–Crippen LogP) is 2.24. The van der Waals surface area contributed by atoms with Gasteiger partial charge in [0.15, 0.2) is 0 Å². The third-order valence-corrected chi connectivity index (χ3v) is 4.70. The lowest BCUT2D eigenvalue weighted by Gasteiger charge is -2.13. The summed E-state index contributed by atoms with van der Waals surface area (Å²) in [5.41, 5.74) is 9.12. The number of hydrogen-bond acceptors (Lipinski definition) is 3. The molecule has 1 saturated heterocycles. The van der Waals surface area contributed by atoms with Crippen LogP contribution < -0.4 is 5.73 Å². The molecule has 0 aliphatic carbocycles. The van der Waals surface area contributed by atoms with Gasteiger partial charge in [-0.25, -0.2) is 4.79 Å². The fourth-order valence-electron chi connectivity index (χ4n) is 3.62. The molecule has 2 heterocycles. The predicted molar refractivity (Wildman–Crippen MR) is 92.1 cm³/mol. The first-order chi connectivity index (χ1) is 11.1. The number of benzene rings is 1. The van der Waals surface area contributed by atoms with Crippen LogP contribution in [0, 0.1) is 6.92 Å². The van der Waals surface area contributed by atoms with Gasteiger partial charge in [0.25, 0.3) is 0 Å². The zero-order valence-electron chi connectivity index (χ0n) is 13.7. The van der Waals surface area contributed by atoms with E-state index < -0.39 is 5.97 Å². The number of fused-ring (bicyclic) bond motifs is 1. The van der Waals surface area contributed by atoms with Crippen molar-refractivity contribution >= 4 is 16.9 Å². The van der Waals surface area contributed by atoms with E-state index in [2.05, 4.69) is 17.2 Å². The van der Waals surface area contributed by atoms with E-state index in [4.69, 9.17) is 5.73 Å². The molecule has 2 aromatic rings. The van der Waals surface area contributed by atoms with Crippen LogP contribution in [-0.2, 0) is 13.0 Å². The molecule has 1 aliphatic heterocycles. The second-order valence-corrected chi connectivity index (χ2v) is 6.45. The first-order valence-electron chi connectivity index (χ1n) is 8.38. The molecule has 5 heteroatoms. The molecular formula is C18H25N3O2. The van der Waals surface area contributed by atoms with Gasteiger partial charge in [-0.15, -0.1) is 0 Å². The summed E-state index contributed by atoms with van der Waals surface area (Å²) >= 11 is 0. The maximum Gasteiger partial charge on any atom is 0.337 e. The van der Waals surface area contributed by atoms with E-state index in [0.29, 0.717) is 18.7 Å². The second kappa shape index (κ2) is 6.72. The standard InChI is InChI=1S/C18H25N3O2/c1-13-10-15-14(4-8-20-6-2-3-7-20)12-21(9-5-19)17(15)16(11-13)18(22)23/h10-12H,2-9,19H2,1H3,(H,22,23). The van der Waals surface area contributed by atoms with Crippen molar-refractivity contribution < 1.29 is 9.90 Å². The number of carbonyl (C=O) groups is 1. The number of carboxylic acids is 1. The minimum Gasteiger partial charge on any atom is -0.478 e. The Bertz CT molecular complexity index is 715. The third kappa shape index (κ3) is 3.26. The molecule has 1 fully saturated rings. The lowest BCUT2D eigenvalue weighted by molar-refractivity contribution is 0.0698. The van der Waals surface area contributed by atoms with Gasteiger partial charge in [0, 0.05) is 31.2 Å². The van der Waals surface area contributed by atoms with Crippen LogP contribution in [0.5, 0.6) is 0 Å². The molecule has 124 valence electrons. The number of nitrogens with zero attached hydrogens (tertiary/aromatic N) is 2. The molecule has 3 N–H and O–H groups in total. The highest BCUT2D eigenvalue weighted by Crippen LogP contribution is 2.27. The van der Waals surface area contributed by atoms with Crippen molar-refractivity contribution in [3.05, 3.63) is 35.0 Å². The van der Waals surface area contributed by atoms with Crippen LogP contribution in [0.15, 0.2) is 18.3 Å². The van der Waals surface area contributed by atoms with Crippen LogP contribution in [0.3, 0.4) is 0 Å². The molecule has 1 aliphatic rings. The fraction of sp³-hybridized carbons (Fsp3) is 0.500. The van der Waals surface area contributed by atoms with Crippen molar-refractivity contribution in [1.29, 1.82) is 0 Å². The molecular weight excluding hydrogens is 290 g/mol. The molecule has 0 unspecified atom stereocenters. The number of aromatic carboxylic acids is 1. The van der Waals surface area contributed by atoms with E-state index >= 15 is 0 Å². The van der Waals surface area contributed by atoms with Gasteiger partial charge < -0.3 is 20.3 Å². The number of aryl methyl sites for hydroxylation is 1. The van der Waals surface area contributed by atoms with Crippen LogP contribution >= 0.6 is 0 Å². The van der Waals surface area contributed by atoms with Crippen molar-refractivity contribution in [2.24, 2.45) is 5.73 Å². The van der Waals surface area contributed by atoms with Crippen LogP contribution in [0.25, 0.3) is 10.9 Å². The summed E-state index contributed by atoms with van der Waals surface area (Å²) in [6.07, 6.45) is 5.63. The topological polar surface area (TPSA) is 71.5 Å². The van der Waals surface area contributed by atoms with Crippen molar-refractivity contribution in [2.75, 3.05) is 26.2 Å². The highest BCUT2D eigenvalue weighted by Gasteiger charge is 2.18. The van der Waals surface area contributed by atoms with E-state index in [0.717, 1.165) is 29.4 Å². The number of aromatic nitrogens is 1. The molecule has 0 bridgehead atoms. The number of hydrogen-bond donors (Lipinski definition) is 2. The molecule has 0 saturated carbocycles. The Morgan fingerprint density at radius 1 is 1.26 bits per heavy atom. The van der Waals surface area contributed by atoms with E-state index in [-0.39, 0.29) is 0 Å². The molecule has 0 amide bonds. The zero-order chi connectivity index (χ0) is 16.4. The maximum atomic E-state index is 11.6. The summed E-state index contributed by atoms with van der Waals surface area (Å²) in [6, 6.07) is 3.86. The minimum absolute atomic E-state index is 0.376. The van der Waals surface area contributed by atoms with Crippen molar-refractivity contribution in [2.45, 2.75) is 32.7 Å². The molecule has 23 heavy (non-hydrogen) atoms. The summed E-state index contributed by atoms with van der Waals surface area (Å²) in [5.74, 6) is -0.874. The fourth-order valence-corrected chi connectivity index (χ4v) is 3.62. The second-order valence-electron chi connectivity index (χ2n) is 6.45. The first-order valence-corrected chi connectivity index (χ1v) is 8.38. The Hall–Kier alpha value is -1.85. The Morgan fingerprint density at radius 3 is 2.65 bits per heavy atom. The largest absolute Gasteiger partial charge is 0.478 e. The summed E-state index contributed by atoms with van der Waals surface area (Å²) in [4.78, 5) is 14.1. The highest BCUT2D eigenvalue weighted by atomic mass is 16.4. The lowest BCUT2D eigenvalue weighted by Crippen LogP contribution is -2.21. The SMILES string of the molecule is Cc1cc(C(=O)O)c2c(c1)c(CCN1CCCC1)cn2CCN. The van der Waals surface area contributed by atoms with Gasteiger partial charge in [-0.3, -0.25) is 0 Å². The van der Waals surface area contributed by atoms with Crippen LogP contribution in [0.4, 0.5) is 0 Å². The molecule has 0 radical (unpaired) electrons. The minimum atomic E-state index is -0.874. The van der Waals surface area contributed by atoms with Gasteiger partial charge in [0.2, 0.25) is 0 Å². The first kappa shape index (κ1) is 16.0. The number of likely N-dealkylation sites (tertiary alicyclic amines) is 1. The van der Waals surface area contributed by atoms with Gasteiger partial charge in [0.1, 0.15) is 0 Å². The van der Waals surface area contributed by atoms with Gasteiger partial charge in [-0.05, 0) is 62.5 Å². The molecule has 1 aromatic carbocycles. The normalized spacial score (nSPS) is 15.6. The molecule has 5 nitrogen and oxygen atoms in total. The highest BCUT2D eigenvalue weighted by molar-refractivity contribution is 6.03. The number of rotatable bonds is 6. The summed E-state index contributed by atoms with van der Waals surface area (Å²) in [7, 11) is 0. The molecule has 0 spiro atoms. The lowest BCUT2D eigenvalue weighted by atomic mass is 10.0. The van der Waals surface area contributed by atoms with Gasteiger partial charge in [0.05, 0.1) is 11.1 Å². The van der Waals surface area contributed by atoms with E-state index in [9.17, 15) is 9.90 Å². The van der Waals surface area contributed by atoms with Gasteiger partial charge in [-0.2, -0.15) is 0 Å².